The number of rotatable bonds is 2. The van der Waals surface area contributed by atoms with Crippen LogP contribution >= 0.6 is 11.6 Å². The molecule has 114 valence electrons. The standard InChI is InChI=1S/C15H19ClN2O3/c1-15(2,3)10-7-8-17(9-10)14(19)11-5-4-6-12(16)13(11)18(20)21/h4-6,10H,7-9H2,1-3H3. The van der Waals surface area contributed by atoms with Crippen molar-refractivity contribution < 1.29 is 9.72 Å². The van der Waals surface area contributed by atoms with Gasteiger partial charge in [0.05, 0.1) is 4.92 Å². The third-order valence-corrected chi connectivity index (χ3v) is 4.40. The lowest BCUT2D eigenvalue weighted by Crippen LogP contribution is -2.31. The van der Waals surface area contributed by atoms with Crippen LogP contribution in [0.25, 0.3) is 0 Å². The minimum Gasteiger partial charge on any atom is -0.338 e. The zero-order valence-corrected chi connectivity index (χ0v) is 13.2. The van der Waals surface area contributed by atoms with Crippen molar-refractivity contribution in [2.45, 2.75) is 27.2 Å². The zero-order valence-electron chi connectivity index (χ0n) is 12.4. The van der Waals surface area contributed by atoms with Gasteiger partial charge in [-0.1, -0.05) is 38.4 Å². The van der Waals surface area contributed by atoms with Gasteiger partial charge in [-0.25, -0.2) is 0 Å². The monoisotopic (exact) mass is 310 g/mol. The number of amides is 1. The van der Waals surface area contributed by atoms with Gasteiger partial charge in [0.15, 0.2) is 0 Å². The summed E-state index contributed by atoms with van der Waals surface area (Å²) in [6.07, 6.45) is 0.920. The number of carbonyl (C=O) groups excluding carboxylic acids is 1. The van der Waals surface area contributed by atoms with Gasteiger partial charge in [0, 0.05) is 13.1 Å². The van der Waals surface area contributed by atoms with Crippen LogP contribution in [0.1, 0.15) is 37.6 Å². The number of hydrogen-bond acceptors (Lipinski definition) is 3. The summed E-state index contributed by atoms with van der Waals surface area (Å²) in [4.78, 5) is 24.8. The molecule has 1 aromatic rings. The largest absolute Gasteiger partial charge is 0.338 e. The third kappa shape index (κ3) is 3.18. The summed E-state index contributed by atoms with van der Waals surface area (Å²) < 4.78 is 0. The van der Waals surface area contributed by atoms with Crippen molar-refractivity contribution in [3.8, 4) is 0 Å². The fourth-order valence-corrected chi connectivity index (χ4v) is 2.94. The molecule has 0 aromatic heterocycles. The number of likely N-dealkylation sites (tertiary alicyclic amines) is 1. The van der Waals surface area contributed by atoms with Gasteiger partial charge in [0.2, 0.25) is 0 Å². The van der Waals surface area contributed by atoms with Gasteiger partial charge in [-0.3, -0.25) is 14.9 Å². The van der Waals surface area contributed by atoms with Gasteiger partial charge in [0.1, 0.15) is 10.6 Å². The van der Waals surface area contributed by atoms with Crippen molar-refractivity contribution in [3.63, 3.8) is 0 Å². The van der Waals surface area contributed by atoms with Crippen LogP contribution in [0.15, 0.2) is 18.2 Å². The van der Waals surface area contributed by atoms with E-state index in [0.29, 0.717) is 19.0 Å². The van der Waals surface area contributed by atoms with Crippen LogP contribution in [0, 0.1) is 21.4 Å². The number of halogens is 1. The van der Waals surface area contributed by atoms with E-state index in [0.717, 1.165) is 6.42 Å². The Labute approximate surface area is 129 Å². The molecule has 1 aliphatic heterocycles. The van der Waals surface area contributed by atoms with Crippen molar-refractivity contribution in [3.05, 3.63) is 38.9 Å². The summed E-state index contributed by atoms with van der Waals surface area (Å²) >= 11 is 5.86. The Kier molecular flexibility index (Phi) is 4.23. The second-order valence-corrected chi connectivity index (χ2v) is 6.90. The molecule has 0 bridgehead atoms. The summed E-state index contributed by atoms with van der Waals surface area (Å²) in [5.41, 5.74) is -0.111. The lowest BCUT2D eigenvalue weighted by molar-refractivity contribution is -0.385. The van der Waals surface area contributed by atoms with Crippen LogP contribution < -0.4 is 0 Å². The molecule has 1 atom stereocenters. The Morgan fingerprint density at radius 1 is 1.43 bits per heavy atom. The minimum absolute atomic E-state index is 0.00239. The molecule has 1 amide bonds. The molecule has 0 radical (unpaired) electrons. The Bertz CT molecular complexity index is 581. The predicted octanol–water partition coefficient (Wildman–Crippen LogP) is 3.76. The second kappa shape index (κ2) is 5.64. The van der Waals surface area contributed by atoms with Gasteiger partial charge in [-0.2, -0.15) is 0 Å². The van der Waals surface area contributed by atoms with Crippen LogP contribution in [-0.2, 0) is 0 Å². The molecule has 0 saturated carbocycles. The number of nitro groups is 1. The van der Waals surface area contributed by atoms with Crippen molar-refractivity contribution >= 4 is 23.2 Å². The van der Waals surface area contributed by atoms with E-state index < -0.39 is 4.92 Å². The Morgan fingerprint density at radius 2 is 2.10 bits per heavy atom. The molecule has 1 fully saturated rings. The summed E-state index contributed by atoms with van der Waals surface area (Å²) in [5.74, 6) is 0.0932. The van der Waals surface area contributed by atoms with Crippen LogP contribution in [0.3, 0.4) is 0 Å². The third-order valence-electron chi connectivity index (χ3n) is 4.10. The fraction of sp³-hybridized carbons (Fsp3) is 0.533. The maximum absolute atomic E-state index is 12.6. The summed E-state index contributed by atoms with van der Waals surface area (Å²) in [6.45, 7) is 7.70. The molecule has 2 rings (SSSR count). The Hall–Kier alpha value is -1.62. The smallest absolute Gasteiger partial charge is 0.300 e. The highest BCUT2D eigenvalue weighted by atomic mass is 35.5. The first-order valence-corrected chi connectivity index (χ1v) is 7.32. The molecule has 21 heavy (non-hydrogen) atoms. The normalized spacial score (nSPS) is 18.9. The maximum Gasteiger partial charge on any atom is 0.300 e. The number of nitrogens with zero attached hydrogens (tertiary/aromatic N) is 2. The van der Waals surface area contributed by atoms with Gasteiger partial charge >= 0.3 is 5.69 Å². The van der Waals surface area contributed by atoms with Crippen molar-refractivity contribution in [2.75, 3.05) is 13.1 Å². The molecular formula is C15H19ClN2O3. The lowest BCUT2D eigenvalue weighted by Gasteiger charge is -2.27. The minimum atomic E-state index is -0.590. The Balaban J connectivity index is 2.27. The summed E-state index contributed by atoms with van der Waals surface area (Å²) in [7, 11) is 0. The van der Waals surface area contributed by atoms with E-state index in [1.165, 1.54) is 12.1 Å². The molecule has 0 spiro atoms. The SMILES string of the molecule is CC(C)(C)C1CCN(C(=O)c2cccc(Cl)c2[N+](=O)[O-])C1. The number of para-hydroxylation sites is 1. The van der Waals surface area contributed by atoms with Crippen molar-refractivity contribution in [1.29, 1.82) is 0 Å². The molecule has 1 aliphatic rings. The van der Waals surface area contributed by atoms with E-state index >= 15 is 0 Å². The number of carbonyl (C=O) groups is 1. The first-order chi connectivity index (χ1) is 9.71. The molecule has 1 unspecified atom stereocenters. The van der Waals surface area contributed by atoms with Crippen LogP contribution in [0.2, 0.25) is 5.02 Å². The first-order valence-electron chi connectivity index (χ1n) is 6.94. The molecular weight excluding hydrogens is 292 g/mol. The van der Waals surface area contributed by atoms with Gasteiger partial charge in [0.25, 0.3) is 5.91 Å². The quantitative estimate of drug-likeness (QED) is 0.617. The fourth-order valence-electron chi connectivity index (χ4n) is 2.70. The van der Waals surface area contributed by atoms with Crippen molar-refractivity contribution in [2.24, 2.45) is 11.3 Å². The molecule has 1 heterocycles. The second-order valence-electron chi connectivity index (χ2n) is 6.50. The average molecular weight is 311 g/mol. The van der Waals surface area contributed by atoms with Crippen molar-refractivity contribution in [1.82, 2.24) is 4.90 Å². The summed E-state index contributed by atoms with van der Waals surface area (Å²) in [5, 5.41) is 11.1. The number of nitro benzene ring substituents is 1. The predicted molar refractivity (Wildman–Crippen MR) is 81.6 cm³/mol. The van der Waals surface area contributed by atoms with E-state index in [9.17, 15) is 14.9 Å². The van der Waals surface area contributed by atoms with E-state index in [-0.39, 0.29) is 27.6 Å². The molecule has 6 heteroatoms. The van der Waals surface area contributed by atoms with Gasteiger partial charge < -0.3 is 4.90 Å². The highest BCUT2D eigenvalue weighted by molar-refractivity contribution is 6.33. The number of benzene rings is 1. The molecule has 0 N–H and O–H groups in total. The molecule has 5 nitrogen and oxygen atoms in total. The Morgan fingerprint density at radius 3 is 2.62 bits per heavy atom. The zero-order chi connectivity index (χ0) is 15.8. The van der Waals surface area contributed by atoms with Crippen LogP contribution in [0.5, 0.6) is 0 Å². The topological polar surface area (TPSA) is 63.5 Å². The van der Waals surface area contributed by atoms with E-state index in [1.54, 1.807) is 11.0 Å². The highest BCUT2D eigenvalue weighted by Gasteiger charge is 2.36. The molecule has 0 aliphatic carbocycles. The van der Waals surface area contributed by atoms with E-state index in [4.69, 9.17) is 11.6 Å². The molecule has 1 saturated heterocycles. The lowest BCUT2D eigenvalue weighted by atomic mass is 9.80. The number of hydrogen-bond donors (Lipinski definition) is 0. The van der Waals surface area contributed by atoms with Gasteiger partial charge in [-0.05, 0) is 29.9 Å². The average Bonchev–Trinajstić information content (AvgIpc) is 2.86. The van der Waals surface area contributed by atoms with E-state index in [2.05, 4.69) is 20.8 Å². The highest BCUT2D eigenvalue weighted by Crippen LogP contribution is 2.35. The molecule has 1 aromatic carbocycles. The van der Waals surface area contributed by atoms with Gasteiger partial charge in [-0.15, -0.1) is 0 Å². The van der Waals surface area contributed by atoms with Crippen LogP contribution in [-0.4, -0.2) is 28.8 Å². The maximum atomic E-state index is 12.6. The van der Waals surface area contributed by atoms with E-state index in [1.807, 2.05) is 0 Å². The summed E-state index contributed by atoms with van der Waals surface area (Å²) in [6, 6.07) is 4.47. The van der Waals surface area contributed by atoms with Crippen LogP contribution in [0.4, 0.5) is 5.69 Å². The first kappa shape index (κ1) is 15.8.